The normalized spacial score (nSPS) is 12.0. The number of aliphatic hydroxyl groups is 1. The standard InChI is InChI=1S/C8H5ClF5NO2/c9-4-1-3(2-16)15-7(5(4)6(10)11)17-8(12,13)14/h1,6,16H,2H2. The van der Waals surface area contributed by atoms with E-state index in [-0.39, 0.29) is 5.69 Å². The number of hydrogen-bond donors (Lipinski definition) is 1. The fourth-order valence-electron chi connectivity index (χ4n) is 1.02. The van der Waals surface area contributed by atoms with Crippen LogP contribution in [0.15, 0.2) is 6.07 Å². The molecular formula is C8H5ClF5NO2. The van der Waals surface area contributed by atoms with Crippen molar-refractivity contribution in [3.63, 3.8) is 0 Å². The van der Waals surface area contributed by atoms with Gasteiger partial charge in [0.05, 0.1) is 22.9 Å². The van der Waals surface area contributed by atoms with Crippen LogP contribution in [0.1, 0.15) is 17.7 Å². The highest BCUT2D eigenvalue weighted by molar-refractivity contribution is 6.31. The Hall–Kier alpha value is -1.15. The first kappa shape index (κ1) is 13.9. The maximum absolute atomic E-state index is 12.5. The number of aromatic nitrogens is 1. The number of alkyl halides is 5. The lowest BCUT2D eigenvalue weighted by Gasteiger charge is -2.13. The number of halogens is 6. The van der Waals surface area contributed by atoms with E-state index in [1.807, 2.05) is 0 Å². The van der Waals surface area contributed by atoms with Gasteiger partial charge in [0.15, 0.2) is 0 Å². The highest BCUT2D eigenvalue weighted by Crippen LogP contribution is 2.36. The molecule has 17 heavy (non-hydrogen) atoms. The lowest BCUT2D eigenvalue weighted by Crippen LogP contribution is -2.19. The van der Waals surface area contributed by atoms with Gasteiger partial charge in [-0.25, -0.2) is 13.8 Å². The topological polar surface area (TPSA) is 42.4 Å². The third-order valence-corrected chi connectivity index (χ3v) is 1.93. The Morgan fingerprint density at radius 2 is 2.00 bits per heavy atom. The van der Waals surface area contributed by atoms with Crippen LogP contribution in [0.5, 0.6) is 5.88 Å². The van der Waals surface area contributed by atoms with Crippen LogP contribution >= 0.6 is 11.6 Å². The molecule has 0 amide bonds. The van der Waals surface area contributed by atoms with Crippen molar-refractivity contribution in [3.8, 4) is 5.88 Å². The van der Waals surface area contributed by atoms with Crippen LogP contribution in [-0.2, 0) is 6.61 Å². The molecule has 3 nitrogen and oxygen atoms in total. The van der Waals surface area contributed by atoms with E-state index in [0.29, 0.717) is 0 Å². The molecular weight excluding hydrogens is 273 g/mol. The fourth-order valence-corrected chi connectivity index (χ4v) is 1.30. The van der Waals surface area contributed by atoms with Gasteiger partial charge in [-0.1, -0.05) is 11.6 Å². The van der Waals surface area contributed by atoms with Crippen molar-refractivity contribution in [2.24, 2.45) is 0 Å². The third kappa shape index (κ3) is 3.67. The molecule has 0 bridgehead atoms. The maximum Gasteiger partial charge on any atom is 0.574 e. The highest BCUT2D eigenvalue weighted by atomic mass is 35.5. The van der Waals surface area contributed by atoms with Gasteiger partial charge in [0, 0.05) is 0 Å². The summed E-state index contributed by atoms with van der Waals surface area (Å²) in [4.78, 5) is 3.10. The molecule has 1 rings (SSSR count). The minimum atomic E-state index is -5.17. The van der Waals surface area contributed by atoms with Crippen LogP contribution in [0.2, 0.25) is 5.02 Å². The van der Waals surface area contributed by atoms with Gasteiger partial charge in [-0.2, -0.15) is 0 Å². The van der Waals surface area contributed by atoms with E-state index in [4.69, 9.17) is 16.7 Å². The number of ether oxygens (including phenoxy) is 1. The summed E-state index contributed by atoms with van der Waals surface area (Å²) >= 11 is 5.36. The van der Waals surface area contributed by atoms with Crippen molar-refractivity contribution in [1.82, 2.24) is 4.98 Å². The van der Waals surface area contributed by atoms with Crippen LogP contribution < -0.4 is 4.74 Å². The number of rotatable bonds is 3. The van der Waals surface area contributed by atoms with Gasteiger partial charge in [-0.15, -0.1) is 13.2 Å². The first-order valence-electron chi connectivity index (χ1n) is 4.08. The summed E-state index contributed by atoms with van der Waals surface area (Å²) < 4.78 is 64.1. The monoisotopic (exact) mass is 277 g/mol. The van der Waals surface area contributed by atoms with E-state index in [1.165, 1.54) is 0 Å². The van der Waals surface area contributed by atoms with Gasteiger partial charge in [0.1, 0.15) is 0 Å². The zero-order valence-electron chi connectivity index (χ0n) is 7.93. The van der Waals surface area contributed by atoms with Crippen LogP contribution in [0, 0.1) is 0 Å². The molecule has 0 aliphatic rings. The molecule has 0 atom stereocenters. The van der Waals surface area contributed by atoms with Gasteiger partial charge >= 0.3 is 6.36 Å². The number of pyridine rings is 1. The van der Waals surface area contributed by atoms with Gasteiger partial charge in [0.25, 0.3) is 6.43 Å². The van der Waals surface area contributed by atoms with Crippen molar-refractivity contribution in [2.45, 2.75) is 19.4 Å². The van der Waals surface area contributed by atoms with Crippen molar-refractivity contribution in [2.75, 3.05) is 0 Å². The second kappa shape index (κ2) is 5.01. The lowest BCUT2D eigenvalue weighted by molar-refractivity contribution is -0.276. The third-order valence-electron chi connectivity index (χ3n) is 1.62. The fraction of sp³-hybridized carbons (Fsp3) is 0.375. The predicted molar refractivity (Wildman–Crippen MR) is 46.8 cm³/mol. The van der Waals surface area contributed by atoms with Crippen LogP contribution in [0.25, 0.3) is 0 Å². The Kier molecular flexibility index (Phi) is 4.10. The second-order valence-electron chi connectivity index (χ2n) is 2.82. The summed E-state index contributed by atoms with van der Waals surface area (Å²) in [5.41, 5.74) is -1.47. The molecule has 0 saturated heterocycles. The molecule has 0 aliphatic heterocycles. The van der Waals surface area contributed by atoms with E-state index in [0.717, 1.165) is 6.07 Å². The van der Waals surface area contributed by atoms with Crippen LogP contribution in [0.3, 0.4) is 0 Å². The largest absolute Gasteiger partial charge is 0.574 e. The van der Waals surface area contributed by atoms with Gasteiger partial charge < -0.3 is 9.84 Å². The molecule has 0 radical (unpaired) electrons. The maximum atomic E-state index is 12.5. The van der Waals surface area contributed by atoms with E-state index >= 15 is 0 Å². The first-order valence-corrected chi connectivity index (χ1v) is 4.46. The Balaban J connectivity index is 3.27. The average molecular weight is 278 g/mol. The van der Waals surface area contributed by atoms with E-state index in [2.05, 4.69) is 9.72 Å². The molecule has 0 aliphatic carbocycles. The average Bonchev–Trinajstić information content (AvgIpc) is 2.13. The highest BCUT2D eigenvalue weighted by Gasteiger charge is 2.35. The van der Waals surface area contributed by atoms with Gasteiger partial charge in [-0.3, -0.25) is 0 Å². The molecule has 0 aromatic carbocycles. The quantitative estimate of drug-likeness (QED) is 0.864. The van der Waals surface area contributed by atoms with Crippen molar-refractivity contribution in [3.05, 3.63) is 22.3 Å². The molecule has 96 valence electrons. The molecule has 0 saturated carbocycles. The summed E-state index contributed by atoms with van der Waals surface area (Å²) in [5, 5.41) is 8.01. The molecule has 1 aromatic rings. The first-order chi connectivity index (χ1) is 7.74. The van der Waals surface area contributed by atoms with Gasteiger partial charge in [0.2, 0.25) is 5.88 Å². The SMILES string of the molecule is OCc1cc(Cl)c(C(F)F)c(OC(F)(F)F)n1. The van der Waals surface area contributed by atoms with Crippen LogP contribution in [-0.4, -0.2) is 16.5 Å². The zero-order chi connectivity index (χ0) is 13.2. The Bertz CT molecular complexity index is 410. The predicted octanol–water partition coefficient (Wildman–Crippen LogP) is 3.06. The second-order valence-corrected chi connectivity index (χ2v) is 3.23. The number of nitrogens with zero attached hydrogens (tertiary/aromatic N) is 1. The number of aliphatic hydroxyl groups excluding tert-OH is 1. The van der Waals surface area contributed by atoms with E-state index in [1.54, 1.807) is 0 Å². The molecule has 1 aromatic heterocycles. The number of hydrogen-bond acceptors (Lipinski definition) is 3. The molecule has 9 heteroatoms. The zero-order valence-corrected chi connectivity index (χ0v) is 8.69. The van der Waals surface area contributed by atoms with Crippen molar-refractivity contribution >= 4 is 11.6 Å². The van der Waals surface area contributed by atoms with Crippen LogP contribution in [0.4, 0.5) is 22.0 Å². The summed E-state index contributed by atoms with van der Waals surface area (Å²) in [7, 11) is 0. The molecule has 0 fully saturated rings. The van der Waals surface area contributed by atoms with Gasteiger partial charge in [-0.05, 0) is 6.07 Å². The minimum Gasteiger partial charge on any atom is -0.390 e. The van der Waals surface area contributed by atoms with Crippen molar-refractivity contribution in [1.29, 1.82) is 0 Å². The van der Waals surface area contributed by atoms with E-state index in [9.17, 15) is 22.0 Å². The van der Waals surface area contributed by atoms with Crippen molar-refractivity contribution < 1.29 is 31.8 Å². The molecule has 0 unspecified atom stereocenters. The Morgan fingerprint density at radius 1 is 1.41 bits per heavy atom. The molecule has 0 spiro atoms. The summed E-state index contributed by atoms with van der Waals surface area (Å²) in [6.45, 7) is -0.753. The Labute approximate surface area is 96.8 Å². The van der Waals surface area contributed by atoms with E-state index < -0.39 is 35.9 Å². The smallest absolute Gasteiger partial charge is 0.390 e. The minimum absolute atomic E-state index is 0.307. The summed E-state index contributed by atoms with van der Waals surface area (Å²) in [5.74, 6) is -1.36. The molecule has 1 N–H and O–H groups in total. The summed E-state index contributed by atoms with van der Waals surface area (Å²) in [6, 6.07) is 0.840. The summed E-state index contributed by atoms with van der Waals surface area (Å²) in [6.07, 6.45) is -8.45. The molecule has 1 heterocycles. The lowest BCUT2D eigenvalue weighted by atomic mass is 10.2. The Morgan fingerprint density at radius 3 is 2.41 bits per heavy atom.